The van der Waals surface area contributed by atoms with Crippen LogP contribution >= 0.6 is 11.8 Å². The molecule has 1 N–H and O–H groups in total. The summed E-state index contributed by atoms with van der Waals surface area (Å²) in [6, 6.07) is 8.62. The van der Waals surface area contributed by atoms with E-state index in [-0.39, 0.29) is 6.03 Å². The number of hydrogen-bond acceptors (Lipinski definition) is 3. The van der Waals surface area contributed by atoms with E-state index < -0.39 is 0 Å². The van der Waals surface area contributed by atoms with Crippen LogP contribution in [0.1, 0.15) is 26.2 Å². The molecule has 0 aliphatic carbocycles. The Bertz CT molecular complexity index is 551. The molecule has 4 nitrogen and oxygen atoms in total. The van der Waals surface area contributed by atoms with Gasteiger partial charge in [-0.1, -0.05) is 19.1 Å². The lowest BCUT2D eigenvalue weighted by Gasteiger charge is -2.35. The van der Waals surface area contributed by atoms with Crippen molar-refractivity contribution in [1.29, 1.82) is 0 Å². The van der Waals surface area contributed by atoms with Gasteiger partial charge in [-0.05, 0) is 50.1 Å². The highest BCUT2D eigenvalue weighted by molar-refractivity contribution is 7.98. The molecule has 4 rings (SSSR count). The van der Waals surface area contributed by atoms with Crippen LogP contribution in [-0.4, -0.2) is 54.3 Å². The summed E-state index contributed by atoms with van der Waals surface area (Å²) < 4.78 is 0. The molecule has 3 aliphatic rings. The second-order valence-electron chi connectivity index (χ2n) is 6.63. The zero-order chi connectivity index (χ0) is 16.2. The average molecular weight is 334 g/mol. The van der Waals surface area contributed by atoms with Crippen LogP contribution in [0, 0.1) is 5.92 Å². The van der Waals surface area contributed by atoms with Crippen molar-refractivity contribution in [2.75, 3.05) is 37.8 Å². The Kier molecular flexibility index (Phi) is 5.49. The predicted molar refractivity (Wildman–Crippen MR) is 97.2 cm³/mol. The van der Waals surface area contributed by atoms with E-state index in [1.165, 1.54) is 19.3 Å². The third kappa shape index (κ3) is 3.83. The second-order valence-corrected chi connectivity index (χ2v) is 7.48. The van der Waals surface area contributed by atoms with Crippen LogP contribution in [0.2, 0.25) is 0 Å². The van der Waals surface area contributed by atoms with E-state index in [4.69, 9.17) is 0 Å². The van der Waals surface area contributed by atoms with Crippen molar-refractivity contribution in [1.82, 2.24) is 9.80 Å². The molecule has 0 saturated carbocycles. The van der Waals surface area contributed by atoms with Gasteiger partial charge < -0.3 is 10.2 Å². The van der Waals surface area contributed by atoms with Gasteiger partial charge in [-0.25, -0.2) is 4.79 Å². The number of urea groups is 1. The molecule has 0 radical (unpaired) electrons. The van der Waals surface area contributed by atoms with Crippen molar-refractivity contribution in [3.05, 3.63) is 24.3 Å². The van der Waals surface area contributed by atoms with E-state index in [9.17, 15) is 4.79 Å². The summed E-state index contributed by atoms with van der Waals surface area (Å²) >= 11 is 1.67. The molecule has 23 heavy (non-hydrogen) atoms. The minimum absolute atomic E-state index is 0.0572. The molecule has 1 aromatic carbocycles. The summed E-state index contributed by atoms with van der Waals surface area (Å²) in [6.07, 6.45) is 5.72. The first kappa shape index (κ1) is 16.7. The first-order chi connectivity index (χ1) is 11.2. The van der Waals surface area contributed by atoms with E-state index in [1.54, 1.807) is 11.8 Å². The summed E-state index contributed by atoms with van der Waals surface area (Å²) in [5.74, 6) is 0.627. The number of hydrogen-bond donors (Lipinski definition) is 1. The first-order valence-electron chi connectivity index (χ1n) is 8.64. The highest BCUT2D eigenvalue weighted by Crippen LogP contribution is 2.29. The monoisotopic (exact) mass is 333 g/mol. The van der Waals surface area contributed by atoms with Crippen molar-refractivity contribution < 1.29 is 4.79 Å². The van der Waals surface area contributed by atoms with Crippen LogP contribution < -0.4 is 5.32 Å². The number of anilines is 1. The van der Waals surface area contributed by atoms with E-state index in [2.05, 4.69) is 23.2 Å². The molecule has 3 fully saturated rings. The fourth-order valence-corrected chi connectivity index (χ4v) is 4.40. The molecule has 0 spiro atoms. The van der Waals surface area contributed by atoms with Gasteiger partial charge in [-0.15, -0.1) is 11.8 Å². The molecule has 3 aliphatic heterocycles. The Labute approximate surface area is 143 Å². The van der Waals surface area contributed by atoms with Gasteiger partial charge in [-0.2, -0.15) is 0 Å². The van der Waals surface area contributed by atoms with Crippen LogP contribution in [0.3, 0.4) is 0 Å². The topological polar surface area (TPSA) is 35.6 Å². The van der Waals surface area contributed by atoms with Crippen LogP contribution in [0.25, 0.3) is 0 Å². The van der Waals surface area contributed by atoms with Crippen LogP contribution in [0.5, 0.6) is 0 Å². The van der Waals surface area contributed by atoms with E-state index in [0.29, 0.717) is 12.0 Å². The first-order valence-corrected chi connectivity index (χ1v) is 9.86. The Hall–Kier alpha value is -1.20. The maximum atomic E-state index is 12.8. The third-order valence-corrected chi connectivity index (χ3v) is 5.77. The van der Waals surface area contributed by atoms with Crippen molar-refractivity contribution in [3.8, 4) is 0 Å². The number of para-hydroxylation sites is 1. The maximum absolute atomic E-state index is 12.8. The molecule has 1 aromatic rings. The quantitative estimate of drug-likeness (QED) is 0.853. The fraction of sp³-hybridized carbons (Fsp3) is 0.611. The number of amides is 2. The Morgan fingerprint density at radius 3 is 2.87 bits per heavy atom. The van der Waals surface area contributed by atoms with E-state index in [1.807, 2.05) is 29.4 Å². The smallest absolute Gasteiger partial charge is 0.321 e. The molecule has 2 atom stereocenters. The van der Waals surface area contributed by atoms with Crippen molar-refractivity contribution >= 4 is 23.5 Å². The molecule has 2 bridgehead atoms. The molecule has 126 valence electrons. The molecule has 0 unspecified atom stereocenters. The lowest BCUT2D eigenvalue weighted by Crippen LogP contribution is -2.45. The van der Waals surface area contributed by atoms with Gasteiger partial charge in [0.1, 0.15) is 0 Å². The number of rotatable bonds is 4. The number of carbonyl (C=O) groups excluding carboxylic acids is 1. The largest absolute Gasteiger partial charge is 0.323 e. The summed E-state index contributed by atoms with van der Waals surface area (Å²) in [4.78, 5) is 18.5. The molecule has 0 aromatic heterocycles. The lowest BCUT2D eigenvalue weighted by atomic mass is 9.95. The Morgan fingerprint density at radius 2 is 2.09 bits per heavy atom. The van der Waals surface area contributed by atoms with E-state index in [0.717, 1.165) is 36.8 Å². The van der Waals surface area contributed by atoms with Crippen LogP contribution in [-0.2, 0) is 0 Å². The zero-order valence-corrected chi connectivity index (χ0v) is 14.9. The molecule has 2 amide bonds. The lowest BCUT2D eigenvalue weighted by molar-refractivity contribution is 0.132. The molecule has 3 heterocycles. The highest BCUT2D eigenvalue weighted by atomic mass is 32.2. The zero-order valence-electron chi connectivity index (χ0n) is 14.1. The van der Waals surface area contributed by atoms with Crippen molar-refractivity contribution in [3.63, 3.8) is 0 Å². The Morgan fingerprint density at radius 1 is 1.26 bits per heavy atom. The van der Waals surface area contributed by atoms with Gasteiger partial charge >= 0.3 is 6.03 Å². The SMILES string of the molecule is CCCN1C[C@H]2CC[C@@H]1CN(C(=O)Nc1ccccc1SC)C2. The number of benzene rings is 1. The molecular weight excluding hydrogens is 306 g/mol. The summed E-state index contributed by atoms with van der Waals surface area (Å²) in [5, 5.41) is 3.12. The average Bonchev–Trinajstić information content (AvgIpc) is 2.87. The standard InChI is InChI=1S/C18H27N3OS/c1-3-10-20-11-14-8-9-15(20)13-21(12-14)18(22)19-16-6-4-5-7-17(16)23-2/h4-7,14-15H,3,8-13H2,1-2H3,(H,19,22)/t14-,15-/m1/s1. The number of nitrogens with one attached hydrogen (secondary N) is 1. The second kappa shape index (κ2) is 7.58. The summed E-state index contributed by atoms with van der Waals surface area (Å²) in [6.45, 7) is 6.31. The molecule has 5 heteroatoms. The number of nitrogens with zero attached hydrogens (tertiary/aromatic N) is 2. The normalized spacial score (nSPS) is 24.5. The summed E-state index contributed by atoms with van der Waals surface area (Å²) in [5.41, 5.74) is 0.923. The van der Waals surface area contributed by atoms with Gasteiger partial charge in [0.2, 0.25) is 0 Å². The molecular formula is C18H27N3OS. The molecule has 3 saturated heterocycles. The Balaban J connectivity index is 1.68. The minimum Gasteiger partial charge on any atom is -0.323 e. The van der Waals surface area contributed by atoms with Gasteiger partial charge in [0.15, 0.2) is 0 Å². The number of fused-ring (bicyclic) bond motifs is 4. The van der Waals surface area contributed by atoms with Crippen LogP contribution in [0.4, 0.5) is 10.5 Å². The van der Waals surface area contributed by atoms with E-state index >= 15 is 0 Å². The highest BCUT2D eigenvalue weighted by Gasteiger charge is 2.36. The van der Waals surface area contributed by atoms with Crippen molar-refractivity contribution in [2.24, 2.45) is 5.92 Å². The number of thioether (sulfide) groups is 1. The van der Waals surface area contributed by atoms with Crippen molar-refractivity contribution in [2.45, 2.75) is 37.1 Å². The number of carbonyl (C=O) groups is 1. The van der Waals surface area contributed by atoms with Crippen LogP contribution in [0.15, 0.2) is 29.2 Å². The van der Waals surface area contributed by atoms with Gasteiger partial charge in [0.25, 0.3) is 0 Å². The maximum Gasteiger partial charge on any atom is 0.321 e. The predicted octanol–water partition coefficient (Wildman–Crippen LogP) is 3.75. The van der Waals surface area contributed by atoms with Gasteiger partial charge in [0, 0.05) is 30.6 Å². The van der Waals surface area contributed by atoms with Gasteiger partial charge in [-0.3, -0.25) is 4.90 Å². The third-order valence-electron chi connectivity index (χ3n) is 4.97. The fourth-order valence-electron chi connectivity index (χ4n) is 3.85. The summed E-state index contributed by atoms with van der Waals surface area (Å²) in [7, 11) is 0. The van der Waals surface area contributed by atoms with Gasteiger partial charge in [0.05, 0.1) is 5.69 Å². The number of piperidine rings is 1. The minimum atomic E-state index is 0.0572.